The molecule has 2 rings (SSSR count). The van der Waals surface area contributed by atoms with Crippen LogP contribution in [0.5, 0.6) is 0 Å². The molecule has 0 bridgehead atoms. The largest absolute Gasteiger partial charge is 0.338 e. The molecular weight excluding hydrogens is 240 g/mol. The molecule has 1 aromatic heterocycles. The maximum Gasteiger partial charge on any atom is 0.237 e. The predicted octanol–water partition coefficient (Wildman–Crippen LogP) is 3.37. The molecule has 1 heterocycles. The summed E-state index contributed by atoms with van der Waals surface area (Å²) in [5.74, 6) is 0.796. The highest BCUT2D eigenvalue weighted by atomic mass is 16.5. The van der Waals surface area contributed by atoms with Crippen molar-refractivity contribution < 1.29 is 9.32 Å². The Labute approximate surface area is 112 Å². The van der Waals surface area contributed by atoms with Gasteiger partial charge in [-0.25, -0.2) is 0 Å². The van der Waals surface area contributed by atoms with Crippen LogP contribution in [0.3, 0.4) is 0 Å². The summed E-state index contributed by atoms with van der Waals surface area (Å²) in [4.78, 5) is 16.0. The van der Waals surface area contributed by atoms with Crippen molar-refractivity contribution in [2.45, 2.75) is 33.6 Å². The summed E-state index contributed by atoms with van der Waals surface area (Å²) in [7, 11) is 0. The van der Waals surface area contributed by atoms with Gasteiger partial charge in [0.25, 0.3) is 0 Å². The third-order valence-electron chi connectivity index (χ3n) is 3.12. The Morgan fingerprint density at radius 2 is 1.84 bits per heavy atom. The van der Waals surface area contributed by atoms with Crippen LogP contribution in [0.25, 0.3) is 11.4 Å². The Balaban J connectivity index is 2.32. The molecule has 0 N–H and O–H groups in total. The van der Waals surface area contributed by atoms with Gasteiger partial charge in [-0.15, -0.1) is 0 Å². The molecule has 0 radical (unpaired) electrons. The van der Waals surface area contributed by atoms with E-state index in [4.69, 9.17) is 4.52 Å². The van der Waals surface area contributed by atoms with Gasteiger partial charge in [0.05, 0.1) is 5.92 Å². The molecule has 1 unspecified atom stereocenters. The first kappa shape index (κ1) is 13.5. The normalized spacial score (nSPS) is 12.7. The van der Waals surface area contributed by atoms with Crippen LogP contribution in [0, 0.1) is 12.8 Å². The van der Waals surface area contributed by atoms with E-state index in [1.807, 2.05) is 45.0 Å². The first-order chi connectivity index (χ1) is 8.99. The number of aryl methyl sites for hydroxylation is 1. The van der Waals surface area contributed by atoms with Crippen LogP contribution in [0.1, 0.15) is 38.1 Å². The van der Waals surface area contributed by atoms with Gasteiger partial charge in [0, 0.05) is 5.56 Å². The summed E-state index contributed by atoms with van der Waals surface area (Å²) < 4.78 is 5.25. The topological polar surface area (TPSA) is 56.0 Å². The van der Waals surface area contributed by atoms with Gasteiger partial charge in [0.15, 0.2) is 0 Å². The van der Waals surface area contributed by atoms with Crippen LogP contribution in [0.4, 0.5) is 0 Å². The number of benzene rings is 1. The summed E-state index contributed by atoms with van der Waals surface area (Å²) in [6, 6.07) is 7.89. The zero-order chi connectivity index (χ0) is 14.0. The SMILES string of the molecule is CC(=O)C(c1nc(-c2ccc(C)cc2)no1)C(C)C. The fourth-order valence-corrected chi connectivity index (χ4v) is 2.11. The van der Waals surface area contributed by atoms with Gasteiger partial charge in [-0.2, -0.15) is 4.98 Å². The number of carbonyl (C=O) groups is 1. The number of Topliss-reactive ketones (excluding diaryl/α,β-unsaturated/α-hetero) is 1. The van der Waals surface area contributed by atoms with E-state index in [1.165, 1.54) is 5.56 Å². The Kier molecular flexibility index (Phi) is 3.79. The lowest BCUT2D eigenvalue weighted by Gasteiger charge is -2.12. The molecule has 100 valence electrons. The molecule has 2 aromatic rings. The van der Waals surface area contributed by atoms with Crippen molar-refractivity contribution >= 4 is 5.78 Å². The van der Waals surface area contributed by atoms with Crippen LogP contribution < -0.4 is 0 Å². The van der Waals surface area contributed by atoms with Crippen molar-refractivity contribution in [1.82, 2.24) is 10.1 Å². The minimum absolute atomic E-state index is 0.0501. The maximum absolute atomic E-state index is 11.6. The van der Waals surface area contributed by atoms with Gasteiger partial charge >= 0.3 is 0 Å². The van der Waals surface area contributed by atoms with E-state index < -0.39 is 0 Å². The van der Waals surface area contributed by atoms with Gasteiger partial charge in [0.1, 0.15) is 5.78 Å². The molecule has 0 aliphatic heterocycles. The van der Waals surface area contributed by atoms with Crippen molar-refractivity contribution in [3.63, 3.8) is 0 Å². The van der Waals surface area contributed by atoms with Crippen molar-refractivity contribution in [2.75, 3.05) is 0 Å². The smallest absolute Gasteiger partial charge is 0.237 e. The van der Waals surface area contributed by atoms with E-state index in [2.05, 4.69) is 10.1 Å². The minimum Gasteiger partial charge on any atom is -0.338 e. The minimum atomic E-state index is -0.327. The second kappa shape index (κ2) is 5.34. The average molecular weight is 258 g/mol. The summed E-state index contributed by atoms with van der Waals surface area (Å²) >= 11 is 0. The third-order valence-corrected chi connectivity index (χ3v) is 3.12. The van der Waals surface area contributed by atoms with Gasteiger partial charge in [-0.3, -0.25) is 4.79 Å². The van der Waals surface area contributed by atoms with E-state index in [0.717, 1.165) is 5.56 Å². The van der Waals surface area contributed by atoms with E-state index in [9.17, 15) is 4.79 Å². The summed E-state index contributed by atoms with van der Waals surface area (Å²) in [5, 5.41) is 3.96. The number of hydrogen-bond acceptors (Lipinski definition) is 4. The molecule has 0 aliphatic carbocycles. The monoisotopic (exact) mass is 258 g/mol. The van der Waals surface area contributed by atoms with Crippen molar-refractivity contribution in [3.8, 4) is 11.4 Å². The van der Waals surface area contributed by atoms with E-state index in [0.29, 0.717) is 11.7 Å². The molecule has 0 aliphatic rings. The van der Waals surface area contributed by atoms with Crippen LogP contribution in [0.2, 0.25) is 0 Å². The number of rotatable bonds is 4. The second-order valence-corrected chi connectivity index (χ2v) is 5.15. The quantitative estimate of drug-likeness (QED) is 0.843. The summed E-state index contributed by atoms with van der Waals surface area (Å²) in [6.07, 6.45) is 0. The van der Waals surface area contributed by atoms with E-state index in [1.54, 1.807) is 6.92 Å². The van der Waals surface area contributed by atoms with Crippen LogP contribution in [-0.2, 0) is 4.79 Å². The maximum atomic E-state index is 11.6. The second-order valence-electron chi connectivity index (χ2n) is 5.15. The van der Waals surface area contributed by atoms with E-state index in [-0.39, 0.29) is 17.6 Å². The molecule has 1 aromatic carbocycles. The highest BCUT2D eigenvalue weighted by Gasteiger charge is 2.27. The lowest BCUT2D eigenvalue weighted by molar-refractivity contribution is -0.119. The Morgan fingerprint density at radius 3 is 2.37 bits per heavy atom. The highest BCUT2D eigenvalue weighted by molar-refractivity contribution is 5.82. The average Bonchev–Trinajstić information content (AvgIpc) is 2.78. The van der Waals surface area contributed by atoms with Crippen molar-refractivity contribution in [3.05, 3.63) is 35.7 Å². The van der Waals surface area contributed by atoms with Crippen LogP contribution in [0.15, 0.2) is 28.8 Å². The standard InChI is InChI=1S/C15H18N2O2/c1-9(2)13(11(4)18)15-16-14(17-19-15)12-7-5-10(3)6-8-12/h5-9,13H,1-4H3. The number of nitrogens with zero attached hydrogens (tertiary/aromatic N) is 2. The molecule has 4 heteroatoms. The van der Waals surface area contributed by atoms with Gasteiger partial charge in [0.2, 0.25) is 11.7 Å². The van der Waals surface area contributed by atoms with Crippen molar-refractivity contribution in [1.29, 1.82) is 0 Å². The predicted molar refractivity (Wildman–Crippen MR) is 72.7 cm³/mol. The Bertz CT molecular complexity index is 570. The molecule has 4 nitrogen and oxygen atoms in total. The molecule has 0 saturated heterocycles. The Hall–Kier alpha value is -1.97. The molecule has 1 atom stereocenters. The fraction of sp³-hybridized carbons (Fsp3) is 0.400. The lowest BCUT2D eigenvalue weighted by Crippen LogP contribution is -2.15. The fourth-order valence-electron chi connectivity index (χ4n) is 2.11. The zero-order valence-corrected chi connectivity index (χ0v) is 11.7. The molecule has 19 heavy (non-hydrogen) atoms. The Morgan fingerprint density at radius 1 is 1.21 bits per heavy atom. The first-order valence-corrected chi connectivity index (χ1v) is 6.40. The third kappa shape index (κ3) is 2.89. The number of ketones is 1. The number of hydrogen-bond donors (Lipinski definition) is 0. The first-order valence-electron chi connectivity index (χ1n) is 6.40. The summed E-state index contributed by atoms with van der Waals surface area (Å²) in [5.41, 5.74) is 2.07. The summed E-state index contributed by atoms with van der Waals surface area (Å²) in [6.45, 7) is 7.53. The number of aromatic nitrogens is 2. The lowest BCUT2D eigenvalue weighted by atomic mass is 9.92. The van der Waals surface area contributed by atoms with Gasteiger partial charge in [-0.1, -0.05) is 48.8 Å². The van der Waals surface area contributed by atoms with Gasteiger partial charge in [-0.05, 0) is 19.8 Å². The van der Waals surface area contributed by atoms with Crippen molar-refractivity contribution in [2.24, 2.45) is 5.92 Å². The number of carbonyl (C=O) groups excluding carboxylic acids is 1. The zero-order valence-electron chi connectivity index (χ0n) is 11.7. The van der Waals surface area contributed by atoms with Crippen LogP contribution in [-0.4, -0.2) is 15.9 Å². The van der Waals surface area contributed by atoms with Crippen LogP contribution >= 0.6 is 0 Å². The molecule has 0 amide bonds. The van der Waals surface area contributed by atoms with Gasteiger partial charge < -0.3 is 4.52 Å². The highest BCUT2D eigenvalue weighted by Crippen LogP contribution is 2.26. The molecule has 0 fully saturated rings. The molecule has 0 saturated carbocycles. The molecule has 0 spiro atoms. The molecular formula is C15H18N2O2. The van der Waals surface area contributed by atoms with E-state index >= 15 is 0 Å².